The molecule has 0 aliphatic heterocycles. The van der Waals surface area contributed by atoms with E-state index in [1.165, 1.54) is 11.3 Å². The van der Waals surface area contributed by atoms with E-state index in [1.807, 2.05) is 5.38 Å². The Morgan fingerprint density at radius 1 is 1.44 bits per heavy atom. The molecule has 0 aromatic carbocycles. The number of carbonyl (C=O) groups excluding carboxylic acids is 1. The van der Waals surface area contributed by atoms with Crippen LogP contribution in [0.4, 0.5) is 0 Å². The van der Waals surface area contributed by atoms with Crippen molar-refractivity contribution >= 4 is 23.2 Å². The van der Waals surface area contributed by atoms with Crippen molar-refractivity contribution < 1.29 is 14.7 Å². The van der Waals surface area contributed by atoms with Crippen molar-refractivity contribution in [1.29, 1.82) is 0 Å². The van der Waals surface area contributed by atoms with Gasteiger partial charge in [-0.15, -0.1) is 11.3 Å². The van der Waals surface area contributed by atoms with Crippen LogP contribution in [0.1, 0.15) is 38.8 Å². The minimum absolute atomic E-state index is 0.0134. The molecule has 1 aromatic rings. The number of nitrogens with zero attached hydrogens (tertiary/aromatic N) is 1. The number of rotatable bonds is 7. The maximum atomic E-state index is 11.8. The van der Waals surface area contributed by atoms with E-state index in [2.05, 4.69) is 10.3 Å². The molecular weight excluding hydrogens is 252 g/mol. The van der Waals surface area contributed by atoms with E-state index in [9.17, 15) is 14.7 Å². The molecule has 1 amide bonds. The first-order chi connectivity index (χ1) is 8.54. The molecule has 0 fully saturated rings. The molecule has 1 aromatic heterocycles. The highest BCUT2D eigenvalue weighted by Crippen LogP contribution is 2.30. The molecule has 0 bridgehead atoms. The Labute approximate surface area is 110 Å². The normalized spacial score (nSPS) is 11.2. The summed E-state index contributed by atoms with van der Waals surface area (Å²) in [7, 11) is 0. The van der Waals surface area contributed by atoms with Crippen molar-refractivity contribution in [3.8, 4) is 0 Å². The summed E-state index contributed by atoms with van der Waals surface area (Å²) < 4.78 is 0. The highest BCUT2D eigenvalue weighted by atomic mass is 32.1. The highest BCUT2D eigenvalue weighted by Gasteiger charge is 2.36. The van der Waals surface area contributed by atoms with Gasteiger partial charge in [0.15, 0.2) is 0 Å². The second-order valence-corrected chi connectivity index (χ2v) is 4.94. The van der Waals surface area contributed by atoms with Crippen molar-refractivity contribution in [3.63, 3.8) is 0 Å². The summed E-state index contributed by atoms with van der Waals surface area (Å²) in [4.78, 5) is 27.1. The molecule has 0 spiro atoms. The molecule has 1 heterocycles. The van der Waals surface area contributed by atoms with Gasteiger partial charge < -0.3 is 10.4 Å². The summed E-state index contributed by atoms with van der Waals surface area (Å²) in [6.07, 6.45) is 0.908. The molecule has 0 saturated heterocycles. The third kappa shape index (κ3) is 3.53. The number of carboxylic acids is 1. The average Bonchev–Trinajstić information content (AvgIpc) is 2.86. The molecule has 2 N–H and O–H groups in total. The largest absolute Gasteiger partial charge is 0.481 e. The quantitative estimate of drug-likeness (QED) is 0.794. The van der Waals surface area contributed by atoms with Crippen LogP contribution in [-0.2, 0) is 16.1 Å². The maximum Gasteiger partial charge on any atom is 0.310 e. The number of aliphatic carboxylic acids is 1. The minimum Gasteiger partial charge on any atom is -0.481 e. The van der Waals surface area contributed by atoms with Crippen LogP contribution in [0.5, 0.6) is 0 Å². The fourth-order valence-corrected chi connectivity index (χ4v) is 2.32. The van der Waals surface area contributed by atoms with E-state index in [-0.39, 0.29) is 12.3 Å². The lowest BCUT2D eigenvalue weighted by atomic mass is 9.79. The second kappa shape index (κ2) is 6.49. The summed E-state index contributed by atoms with van der Waals surface area (Å²) in [6, 6.07) is 0. The predicted molar refractivity (Wildman–Crippen MR) is 69.2 cm³/mol. The van der Waals surface area contributed by atoms with Crippen LogP contribution in [-0.4, -0.2) is 22.0 Å². The van der Waals surface area contributed by atoms with Gasteiger partial charge in [0.2, 0.25) is 5.91 Å². The number of thiazole rings is 1. The molecule has 0 atom stereocenters. The molecule has 100 valence electrons. The monoisotopic (exact) mass is 270 g/mol. The van der Waals surface area contributed by atoms with Crippen LogP contribution in [0.15, 0.2) is 10.9 Å². The van der Waals surface area contributed by atoms with E-state index < -0.39 is 11.4 Å². The number of carboxylic acid groups (broad SMARTS) is 1. The first-order valence-electron chi connectivity index (χ1n) is 5.91. The molecule has 5 nitrogen and oxygen atoms in total. The molecule has 0 radical (unpaired) electrons. The van der Waals surface area contributed by atoms with E-state index in [0.29, 0.717) is 19.4 Å². The molecule has 0 aliphatic carbocycles. The van der Waals surface area contributed by atoms with Crippen LogP contribution < -0.4 is 5.32 Å². The Morgan fingerprint density at radius 3 is 2.56 bits per heavy atom. The lowest BCUT2D eigenvalue weighted by Gasteiger charge is -2.25. The fourth-order valence-electron chi connectivity index (χ4n) is 1.76. The van der Waals surface area contributed by atoms with E-state index in [0.717, 1.165) is 5.69 Å². The number of nitrogens with one attached hydrogen (secondary N) is 1. The molecule has 0 saturated carbocycles. The zero-order valence-corrected chi connectivity index (χ0v) is 11.4. The van der Waals surface area contributed by atoms with E-state index in [4.69, 9.17) is 0 Å². The lowest BCUT2D eigenvalue weighted by Crippen LogP contribution is -2.36. The zero-order chi connectivity index (χ0) is 13.6. The topological polar surface area (TPSA) is 79.3 Å². The van der Waals surface area contributed by atoms with Crippen LogP contribution in [0.3, 0.4) is 0 Å². The van der Waals surface area contributed by atoms with Crippen molar-refractivity contribution in [1.82, 2.24) is 10.3 Å². The van der Waals surface area contributed by atoms with Crippen molar-refractivity contribution in [3.05, 3.63) is 16.6 Å². The van der Waals surface area contributed by atoms with Gasteiger partial charge in [0, 0.05) is 11.8 Å². The van der Waals surface area contributed by atoms with Crippen molar-refractivity contribution in [2.75, 3.05) is 0 Å². The number of hydrogen-bond acceptors (Lipinski definition) is 4. The summed E-state index contributed by atoms with van der Waals surface area (Å²) in [6.45, 7) is 3.95. The summed E-state index contributed by atoms with van der Waals surface area (Å²) in [5.41, 5.74) is 1.54. The van der Waals surface area contributed by atoms with Crippen molar-refractivity contribution in [2.45, 2.75) is 39.7 Å². The van der Waals surface area contributed by atoms with Gasteiger partial charge in [-0.05, 0) is 12.8 Å². The van der Waals surface area contributed by atoms with Gasteiger partial charge in [-0.25, -0.2) is 4.98 Å². The number of amides is 1. The molecule has 0 aliphatic rings. The number of hydrogen-bond donors (Lipinski definition) is 2. The Kier molecular flexibility index (Phi) is 5.27. The van der Waals surface area contributed by atoms with Crippen LogP contribution >= 0.6 is 11.3 Å². The fraction of sp³-hybridized carbons (Fsp3) is 0.583. The van der Waals surface area contributed by atoms with Gasteiger partial charge in [0.25, 0.3) is 0 Å². The SMILES string of the molecule is CCC(CC)(CC(=O)NCc1cscn1)C(=O)O. The Morgan fingerprint density at radius 2 is 2.11 bits per heavy atom. The lowest BCUT2D eigenvalue weighted by molar-refractivity contribution is -0.152. The Balaban J connectivity index is 2.54. The van der Waals surface area contributed by atoms with Gasteiger partial charge in [0.05, 0.1) is 23.2 Å². The Bertz CT molecular complexity index is 399. The highest BCUT2D eigenvalue weighted by molar-refractivity contribution is 7.07. The standard InChI is InChI=1S/C12H18N2O3S/c1-3-12(4-2,11(16)17)5-10(15)13-6-9-7-18-8-14-9/h7-8H,3-6H2,1-2H3,(H,13,15)(H,16,17). The third-order valence-electron chi connectivity index (χ3n) is 3.26. The molecule has 1 rings (SSSR count). The van der Waals surface area contributed by atoms with E-state index in [1.54, 1.807) is 19.4 Å². The molecule has 0 unspecified atom stereocenters. The van der Waals surface area contributed by atoms with Gasteiger partial charge in [-0.1, -0.05) is 13.8 Å². The van der Waals surface area contributed by atoms with Crippen LogP contribution in [0, 0.1) is 5.41 Å². The second-order valence-electron chi connectivity index (χ2n) is 4.23. The predicted octanol–water partition coefficient (Wildman–Crippen LogP) is 2.04. The first kappa shape index (κ1) is 14.6. The van der Waals surface area contributed by atoms with Gasteiger partial charge in [-0.3, -0.25) is 9.59 Å². The average molecular weight is 270 g/mol. The maximum absolute atomic E-state index is 11.8. The minimum atomic E-state index is -0.952. The van der Waals surface area contributed by atoms with Gasteiger partial charge in [-0.2, -0.15) is 0 Å². The first-order valence-corrected chi connectivity index (χ1v) is 6.85. The molecule has 6 heteroatoms. The molecular formula is C12H18N2O3S. The number of carbonyl (C=O) groups is 2. The van der Waals surface area contributed by atoms with Gasteiger partial charge >= 0.3 is 5.97 Å². The van der Waals surface area contributed by atoms with Crippen molar-refractivity contribution in [2.24, 2.45) is 5.41 Å². The van der Waals surface area contributed by atoms with Crippen LogP contribution in [0.2, 0.25) is 0 Å². The smallest absolute Gasteiger partial charge is 0.310 e. The number of aromatic nitrogens is 1. The molecule has 18 heavy (non-hydrogen) atoms. The Hall–Kier alpha value is -1.43. The zero-order valence-electron chi connectivity index (χ0n) is 10.6. The summed E-state index contributed by atoms with van der Waals surface area (Å²) in [5.74, 6) is -1.15. The summed E-state index contributed by atoms with van der Waals surface area (Å²) in [5, 5.41) is 13.8. The third-order valence-corrected chi connectivity index (χ3v) is 3.89. The van der Waals surface area contributed by atoms with Crippen LogP contribution in [0.25, 0.3) is 0 Å². The summed E-state index contributed by atoms with van der Waals surface area (Å²) >= 11 is 1.46. The van der Waals surface area contributed by atoms with E-state index >= 15 is 0 Å². The van der Waals surface area contributed by atoms with Gasteiger partial charge in [0.1, 0.15) is 0 Å².